The predicted octanol–water partition coefficient (Wildman–Crippen LogP) is 3.79. The standard InChI is InChI=1S/C14H12F3N/c1-8(18)9-2-4-10(5-3-9)11-6-13(16)14(17)7-12(11)15/h2-8H,18H2,1H3. The molecule has 0 aliphatic heterocycles. The van der Waals surface area contributed by atoms with E-state index in [9.17, 15) is 13.2 Å². The maximum Gasteiger partial charge on any atom is 0.161 e. The van der Waals surface area contributed by atoms with Crippen LogP contribution in [0.4, 0.5) is 13.2 Å². The Labute approximate surface area is 103 Å². The Bertz CT molecular complexity index is 562. The van der Waals surface area contributed by atoms with E-state index in [2.05, 4.69) is 0 Å². The van der Waals surface area contributed by atoms with Crippen LogP contribution < -0.4 is 5.73 Å². The molecule has 0 saturated carbocycles. The van der Waals surface area contributed by atoms with Gasteiger partial charge in [-0.2, -0.15) is 0 Å². The van der Waals surface area contributed by atoms with Gasteiger partial charge in [0.15, 0.2) is 11.6 Å². The molecular weight excluding hydrogens is 239 g/mol. The van der Waals surface area contributed by atoms with Crippen LogP contribution in [0.1, 0.15) is 18.5 Å². The Balaban J connectivity index is 2.46. The topological polar surface area (TPSA) is 26.0 Å². The van der Waals surface area contributed by atoms with Crippen molar-refractivity contribution in [2.45, 2.75) is 13.0 Å². The predicted molar refractivity (Wildman–Crippen MR) is 64.4 cm³/mol. The van der Waals surface area contributed by atoms with Crippen molar-refractivity contribution >= 4 is 0 Å². The zero-order valence-corrected chi connectivity index (χ0v) is 9.75. The molecule has 0 radical (unpaired) electrons. The monoisotopic (exact) mass is 251 g/mol. The zero-order valence-electron chi connectivity index (χ0n) is 9.75. The van der Waals surface area contributed by atoms with Gasteiger partial charge in [-0.05, 0) is 24.1 Å². The summed E-state index contributed by atoms with van der Waals surface area (Å²) in [7, 11) is 0. The molecule has 4 heteroatoms. The highest BCUT2D eigenvalue weighted by Gasteiger charge is 2.11. The summed E-state index contributed by atoms with van der Waals surface area (Å²) in [6.45, 7) is 1.83. The second-order valence-electron chi connectivity index (χ2n) is 4.16. The second-order valence-corrected chi connectivity index (χ2v) is 4.16. The summed E-state index contributed by atoms with van der Waals surface area (Å²) in [5, 5.41) is 0. The zero-order chi connectivity index (χ0) is 13.3. The fourth-order valence-electron chi connectivity index (χ4n) is 1.71. The Hall–Kier alpha value is -1.81. The van der Waals surface area contributed by atoms with Crippen LogP contribution in [-0.4, -0.2) is 0 Å². The molecule has 0 amide bonds. The van der Waals surface area contributed by atoms with Gasteiger partial charge < -0.3 is 5.73 Å². The van der Waals surface area contributed by atoms with Gasteiger partial charge in [0.1, 0.15) is 5.82 Å². The van der Waals surface area contributed by atoms with Crippen molar-refractivity contribution in [3.63, 3.8) is 0 Å². The van der Waals surface area contributed by atoms with E-state index < -0.39 is 17.5 Å². The van der Waals surface area contributed by atoms with Gasteiger partial charge in [-0.15, -0.1) is 0 Å². The summed E-state index contributed by atoms with van der Waals surface area (Å²) in [5.74, 6) is -3.05. The Morgan fingerprint density at radius 2 is 1.44 bits per heavy atom. The number of hydrogen-bond acceptors (Lipinski definition) is 1. The van der Waals surface area contributed by atoms with Crippen molar-refractivity contribution in [3.8, 4) is 11.1 Å². The summed E-state index contributed by atoms with van der Waals surface area (Å²) in [5.41, 5.74) is 7.10. The van der Waals surface area contributed by atoms with Crippen molar-refractivity contribution in [2.75, 3.05) is 0 Å². The van der Waals surface area contributed by atoms with Crippen LogP contribution in [-0.2, 0) is 0 Å². The van der Waals surface area contributed by atoms with Crippen molar-refractivity contribution in [1.29, 1.82) is 0 Å². The molecule has 0 aliphatic rings. The Kier molecular flexibility index (Phi) is 3.39. The van der Waals surface area contributed by atoms with Crippen molar-refractivity contribution < 1.29 is 13.2 Å². The molecule has 0 aliphatic carbocycles. The van der Waals surface area contributed by atoms with Crippen molar-refractivity contribution in [3.05, 3.63) is 59.4 Å². The average molecular weight is 251 g/mol. The molecule has 1 unspecified atom stereocenters. The first-order valence-corrected chi connectivity index (χ1v) is 5.49. The van der Waals surface area contributed by atoms with Crippen LogP contribution in [0, 0.1) is 17.5 Å². The van der Waals surface area contributed by atoms with Crippen LogP contribution >= 0.6 is 0 Å². The van der Waals surface area contributed by atoms with Crippen molar-refractivity contribution in [2.24, 2.45) is 5.73 Å². The first kappa shape index (κ1) is 12.6. The van der Waals surface area contributed by atoms with Gasteiger partial charge >= 0.3 is 0 Å². The first-order valence-electron chi connectivity index (χ1n) is 5.49. The molecule has 2 rings (SSSR count). The van der Waals surface area contributed by atoms with Gasteiger partial charge in [-0.1, -0.05) is 24.3 Å². The third kappa shape index (κ3) is 2.38. The van der Waals surface area contributed by atoms with Gasteiger partial charge in [0.25, 0.3) is 0 Å². The van der Waals surface area contributed by atoms with Gasteiger partial charge in [0.05, 0.1) is 0 Å². The highest BCUT2D eigenvalue weighted by Crippen LogP contribution is 2.26. The molecule has 0 bridgehead atoms. The van der Waals surface area contributed by atoms with Crippen LogP contribution in [0.2, 0.25) is 0 Å². The molecule has 0 heterocycles. The highest BCUT2D eigenvalue weighted by atomic mass is 19.2. The van der Waals surface area contributed by atoms with Gasteiger partial charge in [0, 0.05) is 17.7 Å². The van der Waals surface area contributed by atoms with Gasteiger partial charge in [0.2, 0.25) is 0 Å². The number of halogens is 3. The molecular formula is C14H12F3N. The third-order valence-corrected chi connectivity index (χ3v) is 2.76. The molecule has 0 spiro atoms. The van der Waals surface area contributed by atoms with Crippen LogP contribution in [0.25, 0.3) is 11.1 Å². The van der Waals surface area contributed by atoms with Gasteiger partial charge in [-0.25, -0.2) is 13.2 Å². The summed E-state index contributed by atoms with van der Waals surface area (Å²) in [6, 6.07) is 8.01. The summed E-state index contributed by atoms with van der Waals surface area (Å²) in [4.78, 5) is 0. The molecule has 0 aromatic heterocycles. The summed E-state index contributed by atoms with van der Waals surface area (Å²) >= 11 is 0. The van der Waals surface area contributed by atoms with E-state index in [4.69, 9.17) is 5.73 Å². The average Bonchev–Trinajstić information content (AvgIpc) is 2.34. The number of rotatable bonds is 2. The lowest BCUT2D eigenvalue weighted by molar-refractivity contribution is 0.496. The minimum Gasteiger partial charge on any atom is -0.324 e. The van der Waals surface area contributed by atoms with E-state index in [0.29, 0.717) is 11.6 Å². The summed E-state index contributed by atoms with van der Waals surface area (Å²) in [6.07, 6.45) is 0. The molecule has 1 atom stereocenters. The summed E-state index contributed by atoms with van der Waals surface area (Å²) < 4.78 is 39.4. The van der Waals surface area contributed by atoms with Gasteiger partial charge in [-0.3, -0.25) is 0 Å². The molecule has 2 aromatic carbocycles. The SMILES string of the molecule is CC(N)c1ccc(-c2cc(F)c(F)cc2F)cc1. The highest BCUT2D eigenvalue weighted by molar-refractivity contribution is 5.64. The molecule has 18 heavy (non-hydrogen) atoms. The quantitative estimate of drug-likeness (QED) is 0.807. The molecule has 2 aromatic rings. The maximum absolute atomic E-state index is 13.5. The van der Waals surface area contributed by atoms with E-state index in [-0.39, 0.29) is 11.6 Å². The normalized spacial score (nSPS) is 12.5. The van der Waals surface area contributed by atoms with E-state index in [0.717, 1.165) is 11.6 Å². The van der Waals surface area contributed by atoms with Crippen LogP contribution in [0.3, 0.4) is 0 Å². The van der Waals surface area contributed by atoms with E-state index in [1.807, 2.05) is 6.92 Å². The third-order valence-electron chi connectivity index (χ3n) is 2.76. The molecule has 2 N–H and O–H groups in total. The number of benzene rings is 2. The second kappa shape index (κ2) is 4.82. The Morgan fingerprint density at radius 3 is 2.00 bits per heavy atom. The molecule has 0 saturated heterocycles. The molecule has 1 nitrogen and oxygen atoms in total. The van der Waals surface area contributed by atoms with E-state index in [1.165, 1.54) is 0 Å². The lowest BCUT2D eigenvalue weighted by atomic mass is 10.0. The van der Waals surface area contributed by atoms with Crippen LogP contribution in [0.15, 0.2) is 36.4 Å². The smallest absolute Gasteiger partial charge is 0.161 e. The van der Waals surface area contributed by atoms with E-state index in [1.54, 1.807) is 24.3 Å². The fourth-order valence-corrected chi connectivity index (χ4v) is 1.71. The Morgan fingerprint density at radius 1 is 0.889 bits per heavy atom. The minimum absolute atomic E-state index is 0.0325. The van der Waals surface area contributed by atoms with E-state index >= 15 is 0 Å². The molecule has 0 fully saturated rings. The number of hydrogen-bond donors (Lipinski definition) is 1. The molecule has 94 valence electrons. The largest absolute Gasteiger partial charge is 0.324 e. The van der Waals surface area contributed by atoms with Crippen LogP contribution in [0.5, 0.6) is 0 Å². The fraction of sp³-hybridized carbons (Fsp3) is 0.143. The van der Waals surface area contributed by atoms with Crippen molar-refractivity contribution in [1.82, 2.24) is 0 Å². The lowest BCUT2D eigenvalue weighted by Gasteiger charge is -2.08. The minimum atomic E-state index is -1.19. The lowest BCUT2D eigenvalue weighted by Crippen LogP contribution is -2.04. The number of nitrogens with two attached hydrogens (primary N) is 1. The first-order chi connectivity index (χ1) is 8.49. The maximum atomic E-state index is 13.5.